The number of ether oxygens (including phenoxy) is 1. The monoisotopic (exact) mass is 498 g/mol. The highest BCUT2D eigenvalue weighted by Crippen LogP contribution is 2.32. The van der Waals surface area contributed by atoms with Crippen LogP contribution in [-0.4, -0.2) is 37.2 Å². The van der Waals surface area contributed by atoms with Crippen LogP contribution in [0.4, 0.5) is 26.3 Å². The van der Waals surface area contributed by atoms with Crippen LogP contribution < -0.4 is 4.74 Å². The summed E-state index contributed by atoms with van der Waals surface area (Å²) in [7, 11) is 0. The van der Waals surface area contributed by atoms with E-state index < -0.39 is 35.3 Å². The number of carbonyl (C=O) groups is 1. The lowest BCUT2D eigenvalue weighted by Gasteiger charge is -2.08. The van der Waals surface area contributed by atoms with E-state index >= 15 is 0 Å². The number of carboxylic acid groups (broad SMARTS) is 1. The average Bonchev–Trinajstić information content (AvgIpc) is 3.37. The first-order valence-corrected chi connectivity index (χ1v) is 10.1. The lowest BCUT2D eigenvalue weighted by Crippen LogP contribution is -2.12. The zero-order valence-electron chi connectivity index (χ0n) is 17.6. The number of carboxylic acids is 1. The maximum absolute atomic E-state index is 13.5. The Labute approximate surface area is 193 Å². The molecule has 0 aliphatic rings. The second-order valence-corrected chi connectivity index (χ2v) is 7.48. The fourth-order valence-electron chi connectivity index (χ4n) is 3.44. The Hall–Kier alpha value is -4.03. The van der Waals surface area contributed by atoms with Crippen molar-refractivity contribution in [1.29, 1.82) is 0 Å². The first-order chi connectivity index (χ1) is 16.4. The molecule has 0 radical (unpaired) electrons. The standard InChI is InChI=1S/C22H16F6N4O3/c23-21(24,25)14-1-3-15(4-2-14)32-29-17(20(30-32)22(26,27)28)8-10-35-16-5-6-18-13(11-16)7-9-31(18)12-19(33)34/h1-7,9,11H,8,10,12H2,(H,33,34). The van der Waals surface area contributed by atoms with Gasteiger partial charge in [0.15, 0.2) is 5.69 Å². The molecule has 7 nitrogen and oxygen atoms in total. The maximum Gasteiger partial charge on any atom is 0.437 e. The third kappa shape index (κ3) is 5.39. The minimum Gasteiger partial charge on any atom is -0.493 e. The summed E-state index contributed by atoms with van der Waals surface area (Å²) in [6, 6.07) is 9.92. The number of alkyl halides is 6. The fraction of sp³-hybridized carbons (Fsp3) is 0.227. The van der Waals surface area contributed by atoms with Crippen LogP contribution >= 0.6 is 0 Å². The van der Waals surface area contributed by atoms with Crippen LogP contribution in [0.25, 0.3) is 16.6 Å². The van der Waals surface area contributed by atoms with E-state index in [0.717, 1.165) is 24.3 Å². The fourth-order valence-corrected chi connectivity index (χ4v) is 3.44. The van der Waals surface area contributed by atoms with Crippen LogP contribution in [0.2, 0.25) is 0 Å². The van der Waals surface area contributed by atoms with E-state index in [4.69, 9.17) is 9.84 Å². The largest absolute Gasteiger partial charge is 0.493 e. The van der Waals surface area contributed by atoms with Gasteiger partial charge in [0.1, 0.15) is 12.3 Å². The number of fused-ring (bicyclic) bond motifs is 1. The van der Waals surface area contributed by atoms with Crippen molar-refractivity contribution in [2.45, 2.75) is 25.3 Å². The van der Waals surface area contributed by atoms with E-state index in [1.54, 1.807) is 30.5 Å². The molecule has 4 rings (SSSR count). The number of halogens is 6. The Morgan fingerprint density at radius 2 is 1.66 bits per heavy atom. The Bertz CT molecular complexity index is 1360. The lowest BCUT2D eigenvalue weighted by molar-refractivity contribution is -0.142. The Morgan fingerprint density at radius 3 is 2.29 bits per heavy atom. The van der Waals surface area contributed by atoms with Gasteiger partial charge in [-0.05, 0) is 48.5 Å². The molecule has 0 saturated heterocycles. The van der Waals surface area contributed by atoms with Gasteiger partial charge in [-0.25, -0.2) is 0 Å². The molecule has 2 aromatic carbocycles. The van der Waals surface area contributed by atoms with Crippen LogP contribution in [0.3, 0.4) is 0 Å². The summed E-state index contributed by atoms with van der Waals surface area (Å²) in [5.41, 5.74) is -2.05. The molecule has 13 heteroatoms. The highest BCUT2D eigenvalue weighted by atomic mass is 19.4. The third-order valence-electron chi connectivity index (χ3n) is 5.03. The number of rotatable bonds is 7. The molecule has 0 aliphatic heterocycles. The zero-order valence-corrected chi connectivity index (χ0v) is 17.6. The number of aliphatic carboxylic acids is 1. The second-order valence-electron chi connectivity index (χ2n) is 7.48. The normalized spacial score (nSPS) is 12.3. The topological polar surface area (TPSA) is 82.2 Å². The maximum atomic E-state index is 13.5. The van der Waals surface area contributed by atoms with Crippen LogP contribution in [0.5, 0.6) is 5.75 Å². The molecule has 184 valence electrons. The predicted molar refractivity (Wildman–Crippen MR) is 110 cm³/mol. The molecule has 0 unspecified atom stereocenters. The van der Waals surface area contributed by atoms with Gasteiger partial charge in [0, 0.05) is 23.5 Å². The summed E-state index contributed by atoms with van der Waals surface area (Å²) in [5, 5.41) is 16.9. The van der Waals surface area contributed by atoms with Gasteiger partial charge in [-0.2, -0.15) is 36.2 Å². The molecule has 4 aromatic rings. The van der Waals surface area contributed by atoms with Gasteiger partial charge in [-0.15, -0.1) is 5.10 Å². The number of hydrogen-bond donors (Lipinski definition) is 1. The highest BCUT2D eigenvalue weighted by molar-refractivity contribution is 5.83. The van der Waals surface area contributed by atoms with Gasteiger partial charge in [-0.1, -0.05) is 0 Å². The van der Waals surface area contributed by atoms with E-state index in [1.165, 1.54) is 4.57 Å². The van der Waals surface area contributed by atoms with Gasteiger partial charge < -0.3 is 14.4 Å². The Kier molecular flexibility index (Phi) is 6.17. The SMILES string of the molecule is O=C(O)Cn1ccc2cc(OCCc3nn(-c4ccc(C(F)(F)F)cc4)nc3C(F)(F)F)ccc21. The lowest BCUT2D eigenvalue weighted by atomic mass is 10.2. The third-order valence-corrected chi connectivity index (χ3v) is 5.03. The quantitative estimate of drug-likeness (QED) is 0.364. The zero-order chi connectivity index (χ0) is 25.4. The molecule has 0 amide bonds. The Morgan fingerprint density at radius 1 is 0.943 bits per heavy atom. The molecule has 0 saturated carbocycles. The van der Waals surface area contributed by atoms with Crippen LogP contribution in [0.15, 0.2) is 54.7 Å². The average molecular weight is 498 g/mol. The minimum atomic E-state index is -4.83. The summed E-state index contributed by atoms with van der Waals surface area (Å²) in [6.45, 7) is -0.408. The second kappa shape index (κ2) is 8.96. The van der Waals surface area contributed by atoms with Gasteiger partial charge in [0.25, 0.3) is 0 Å². The van der Waals surface area contributed by atoms with E-state index in [2.05, 4.69) is 10.2 Å². The molecule has 0 spiro atoms. The van der Waals surface area contributed by atoms with E-state index in [-0.39, 0.29) is 25.3 Å². The molecular formula is C22H16F6N4O3. The smallest absolute Gasteiger partial charge is 0.437 e. The molecule has 0 atom stereocenters. The molecule has 0 aliphatic carbocycles. The van der Waals surface area contributed by atoms with Crippen molar-refractivity contribution in [3.63, 3.8) is 0 Å². The van der Waals surface area contributed by atoms with Gasteiger partial charge >= 0.3 is 18.3 Å². The van der Waals surface area contributed by atoms with Crippen LogP contribution in [-0.2, 0) is 30.1 Å². The van der Waals surface area contributed by atoms with Crippen molar-refractivity contribution < 1.29 is 41.0 Å². The minimum absolute atomic E-state index is 0.0630. The first kappa shape index (κ1) is 24.1. The molecule has 1 N–H and O–H groups in total. The van der Waals surface area contributed by atoms with Crippen molar-refractivity contribution in [3.8, 4) is 11.4 Å². The predicted octanol–water partition coefficient (Wildman–Crippen LogP) is 4.97. The van der Waals surface area contributed by atoms with Gasteiger partial charge in [-0.3, -0.25) is 4.79 Å². The van der Waals surface area contributed by atoms with E-state index in [0.29, 0.717) is 21.4 Å². The van der Waals surface area contributed by atoms with Gasteiger partial charge in [0.2, 0.25) is 0 Å². The van der Waals surface area contributed by atoms with Gasteiger partial charge in [0.05, 0.1) is 23.6 Å². The summed E-state index contributed by atoms with van der Waals surface area (Å²) >= 11 is 0. The van der Waals surface area contributed by atoms with Crippen molar-refractivity contribution in [1.82, 2.24) is 19.6 Å². The molecule has 0 fully saturated rings. The van der Waals surface area contributed by atoms with E-state index in [1.807, 2.05) is 0 Å². The molecule has 35 heavy (non-hydrogen) atoms. The van der Waals surface area contributed by atoms with Crippen molar-refractivity contribution >= 4 is 16.9 Å². The Balaban J connectivity index is 1.50. The summed E-state index contributed by atoms with van der Waals surface area (Å²) in [4.78, 5) is 11.5. The molecule has 0 bridgehead atoms. The summed E-state index contributed by atoms with van der Waals surface area (Å²) in [5.74, 6) is -0.651. The molecule has 2 aromatic heterocycles. The van der Waals surface area contributed by atoms with E-state index in [9.17, 15) is 31.1 Å². The van der Waals surface area contributed by atoms with Crippen molar-refractivity contribution in [3.05, 3.63) is 71.7 Å². The number of aromatic nitrogens is 4. The van der Waals surface area contributed by atoms with Crippen LogP contribution in [0, 0.1) is 0 Å². The highest BCUT2D eigenvalue weighted by Gasteiger charge is 2.38. The number of hydrogen-bond acceptors (Lipinski definition) is 4. The van der Waals surface area contributed by atoms with Crippen molar-refractivity contribution in [2.24, 2.45) is 0 Å². The number of nitrogens with zero attached hydrogens (tertiary/aromatic N) is 4. The van der Waals surface area contributed by atoms with Crippen LogP contribution in [0.1, 0.15) is 17.0 Å². The number of benzene rings is 2. The molecule has 2 heterocycles. The first-order valence-electron chi connectivity index (χ1n) is 10.1. The summed E-state index contributed by atoms with van der Waals surface area (Å²) in [6.07, 6.45) is -8.09. The molecular weight excluding hydrogens is 482 g/mol. The van der Waals surface area contributed by atoms with Crippen molar-refractivity contribution in [2.75, 3.05) is 6.61 Å². The summed E-state index contributed by atoms with van der Waals surface area (Å²) < 4.78 is 85.7.